The summed E-state index contributed by atoms with van der Waals surface area (Å²) in [5.41, 5.74) is 15.3. The minimum Gasteiger partial charge on any atom is -0.370 e. The van der Waals surface area contributed by atoms with E-state index in [9.17, 15) is 4.79 Å². The number of carbonyl (C=O) groups excluding carboxylic acids is 1. The molecule has 5 N–H and O–H groups in total. The normalized spacial score (nSPS) is 24.3. The van der Waals surface area contributed by atoms with Gasteiger partial charge in [-0.05, 0) is 74.1 Å². The molecule has 2 aliphatic rings. The Balaban J connectivity index is 1.49. The second-order valence-corrected chi connectivity index (χ2v) is 6.81. The van der Waals surface area contributed by atoms with Crippen molar-refractivity contribution < 1.29 is 4.79 Å². The van der Waals surface area contributed by atoms with Gasteiger partial charge in [-0.1, -0.05) is 6.07 Å². The lowest BCUT2D eigenvalue weighted by atomic mass is 9.82. The molecule has 2 aliphatic carbocycles. The number of nitrogens with zero attached hydrogens (tertiary/aromatic N) is 1. The molecule has 124 valence electrons. The molecule has 1 saturated carbocycles. The van der Waals surface area contributed by atoms with Crippen LogP contribution in [0.4, 0.5) is 5.69 Å². The molecule has 1 aromatic carbocycles. The maximum Gasteiger partial charge on any atom is 0.220 e. The van der Waals surface area contributed by atoms with Crippen LogP contribution < -0.4 is 16.8 Å². The van der Waals surface area contributed by atoms with E-state index in [1.807, 2.05) is 0 Å². The van der Waals surface area contributed by atoms with E-state index in [2.05, 4.69) is 28.5 Å². The molecule has 1 aromatic rings. The number of rotatable bonds is 4. The maximum absolute atomic E-state index is 11.2. The maximum atomic E-state index is 11.2. The highest BCUT2D eigenvalue weighted by Crippen LogP contribution is 2.29. The zero-order valence-electron chi connectivity index (χ0n) is 13.6. The van der Waals surface area contributed by atoms with Gasteiger partial charge in [-0.15, -0.1) is 0 Å². The number of fused-ring (bicyclic) bond motifs is 1. The molecule has 0 bridgehead atoms. The summed E-state index contributed by atoms with van der Waals surface area (Å²) in [5.74, 6) is 0.868. The average Bonchev–Trinajstić information content (AvgIpc) is 3.01. The van der Waals surface area contributed by atoms with E-state index in [-0.39, 0.29) is 11.8 Å². The molecule has 0 atom stereocenters. The summed E-state index contributed by atoms with van der Waals surface area (Å²) >= 11 is 0. The van der Waals surface area contributed by atoms with Crippen molar-refractivity contribution in [1.82, 2.24) is 0 Å². The lowest BCUT2D eigenvalue weighted by molar-refractivity contribution is -0.122. The number of amides is 1. The molecule has 3 rings (SSSR count). The van der Waals surface area contributed by atoms with Gasteiger partial charge in [-0.2, -0.15) is 0 Å². The standard InChI is InChI=1S/C18H26N4O/c19-17(23)14-6-4-12(5-7-14)11-21-18(20)22-16-9-8-13-2-1-3-15(13)10-16/h8-10,12,14H,1-7,11H2,(H2,19,23)(H3,20,21,22). The van der Waals surface area contributed by atoms with Gasteiger partial charge in [0.05, 0.1) is 0 Å². The van der Waals surface area contributed by atoms with Crippen LogP contribution in [0, 0.1) is 11.8 Å². The smallest absolute Gasteiger partial charge is 0.220 e. The summed E-state index contributed by atoms with van der Waals surface area (Å²) in [6.07, 6.45) is 7.36. The van der Waals surface area contributed by atoms with Gasteiger partial charge in [0, 0.05) is 18.2 Å². The zero-order chi connectivity index (χ0) is 16.2. The number of anilines is 1. The highest BCUT2D eigenvalue weighted by molar-refractivity contribution is 5.92. The van der Waals surface area contributed by atoms with Crippen molar-refractivity contribution in [1.29, 1.82) is 0 Å². The average molecular weight is 314 g/mol. The van der Waals surface area contributed by atoms with Crippen LogP contribution in [-0.2, 0) is 17.6 Å². The first-order chi connectivity index (χ1) is 11.1. The van der Waals surface area contributed by atoms with Gasteiger partial charge in [0.2, 0.25) is 5.91 Å². The predicted octanol–water partition coefficient (Wildman–Crippen LogP) is 2.19. The lowest BCUT2D eigenvalue weighted by Gasteiger charge is -2.25. The predicted molar refractivity (Wildman–Crippen MR) is 93.2 cm³/mol. The molecule has 0 aromatic heterocycles. The molecule has 0 heterocycles. The first-order valence-electron chi connectivity index (χ1n) is 8.60. The number of aliphatic imine (C=N–C) groups is 1. The molecular weight excluding hydrogens is 288 g/mol. The molecular formula is C18H26N4O. The van der Waals surface area contributed by atoms with E-state index in [0.717, 1.165) is 44.3 Å². The van der Waals surface area contributed by atoms with E-state index in [1.165, 1.54) is 24.0 Å². The number of aryl methyl sites for hydroxylation is 2. The second kappa shape index (κ2) is 7.02. The van der Waals surface area contributed by atoms with E-state index in [1.54, 1.807) is 0 Å². The fourth-order valence-corrected chi connectivity index (χ4v) is 3.69. The van der Waals surface area contributed by atoms with Crippen molar-refractivity contribution in [2.75, 3.05) is 11.9 Å². The molecule has 5 heteroatoms. The van der Waals surface area contributed by atoms with E-state index in [4.69, 9.17) is 11.5 Å². The third kappa shape index (κ3) is 4.03. The molecule has 1 fully saturated rings. The summed E-state index contributed by atoms with van der Waals surface area (Å²) < 4.78 is 0. The lowest BCUT2D eigenvalue weighted by Crippen LogP contribution is -2.29. The van der Waals surface area contributed by atoms with Crippen LogP contribution in [0.25, 0.3) is 0 Å². The van der Waals surface area contributed by atoms with E-state index in [0.29, 0.717) is 11.9 Å². The molecule has 0 radical (unpaired) electrons. The number of nitrogens with two attached hydrogens (primary N) is 2. The van der Waals surface area contributed by atoms with Crippen LogP contribution in [0.15, 0.2) is 23.2 Å². The third-order valence-corrected chi connectivity index (χ3v) is 5.14. The molecule has 0 spiro atoms. The molecule has 23 heavy (non-hydrogen) atoms. The molecule has 0 saturated heterocycles. The SMILES string of the molecule is NC(=O)C1CCC(CN=C(N)Nc2ccc3c(c2)CCC3)CC1. The second-order valence-electron chi connectivity index (χ2n) is 6.81. The Labute approximate surface area is 137 Å². The van der Waals surface area contributed by atoms with Crippen LogP contribution in [0.1, 0.15) is 43.2 Å². The van der Waals surface area contributed by atoms with Gasteiger partial charge in [-0.25, -0.2) is 0 Å². The Morgan fingerprint density at radius 3 is 2.61 bits per heavy atom. The first kappa shape index (κ1) is 15.8. The van der Waals surface area contributed by atoms with Crippen LogP contribution >= 0.6 is 0 Å². The third-order valence-electron chi connectivity index (χ3n) is 5.14. The molecule has 5 nitrogen and oxygen atoms in total. The number of guanidine groups is 1. The number of primary amides is 1. The Bertz CT molecular complexity index is 603. The van der Waals surface area contributed by atoms with Gasteiger partial charge in [-0.3, -0.25) is 9.79 Å². The Morgan fingerprint density at radius 2 is 1.87 bits per heavy atom. The highest BCUT2D eigenvalue weighted by Gasteiger charge is 2.24. The van der Waals surface area contributed by atoms with E-state index >= 15 is 0 Å². The number of hydrogen-bond donors (Lipinski definition) is 3. The number of carbonyl (C=O) groups is 1. The van der Waals surface area contributed by atoms with Crippen molar-refractivity contribution in [3.63, 3.8) is 0 Å². The highest BCUT2D eigenvalue weighted by atomic mass is 16.1. The van der Waals surface area contributed by atoms with Gasteiger partial charge in [0.1, 0.15) is 0 Å². The van der Waals surface area contributed by atoms with Crippen LogP contribution in [0.3, 0.4) is 0 Å². The Morgan fingerprint density at radius 1 is 1.13 bits per heavy atom. The molecule has 0 unspecified atom stereocenters. The number of nitrogens with one attached hydrogen (secondary N) is 1. The van der Waals surface area contributed by atoms with Crippen molar-refractivity contribution in [2.45, 2.75) is 44.9 Å². The van der Waals surface area contributed by atoms with Crippen molar-refractivity contribution >= 4 is 17.6 Å². The minimum absolute atomic E-state index is 0.0529. The summed E-state index contributed by atoms with van der Waals surface area (Å²) in [6.45, 7) is 0.718. The van der Waals surface area contributed by atoms with Gasteiger partial charge in [0.25, 0.3) is 0 Å². The number of benzene rings is 1. The van der Waals surface area contributed by atoms with Crippen molar-refractivity contribution in [2.24, 2.45) is 28.3 Å². The summed E-state index contributed by atoms with van der Waals surface area (Å²) in [4.78, 5) is 15.6. The van der Waals surface area contributed by atoms with Gasteiger partial charge >= 0.3 is 0 Å². The van der Waals surface area contributed by atoms with Crippen molar-refractivity contribution in [3.8, 4) is 0 Å². The topological polar surface area (TPSA) is 93.5 Å². The summed E-state index contributed by atoms with van der Waals surface area (Å²) in [6, 6.07) is 6.44. The molecule has 0 aliphatic heterocycles. The number of hydrogen-bond acceptors (Lipinski definition) is 2. The largest absolute Gasteiger partial charge is 0.370 e. The Kier molecular flexibility index (Phi) is 4.84. The molecule has 1 amide bonds. The van der Waals surface area contributed by atoms with Crippen LogP contribution in [0.2, 0.25) is 0 Å². The van der Waals surface area contributed by atoms with E-state index < -0.39 is 0 Å². The summed E-state index contributed by atoms with van der Waals surface area (Å²) in [7, 11) is 0. The monoisotopic (exact) mass is 314 g/mol. The summed E-state index contributed by atoms with van der Waals surface area (Å²) in [5, 5.41) is 3.19. The van der Waals surface area contributed by atoms with Crippen LogP contribution in [-0.4, -0.2) is 18.4 Å². The minimum atomic E-state index is -0.162. The van der Waals surface area contributed by atoms with Crippen LogP contribution in [0.5, 0.6) is 0 Å². The Hall–Kier alpha value is -2.04. The van der Waals surface area contributed by atoms with Gasteiger partial charge < -0.3 is 16.8 Å². The first-order valence-corrected chi connectivity index (χ1v) is 8.60. The zero-order valence-corrected chi connectivity index (χ0v) is 13.6. The fraction of sp³-hybridized carbons (Fsp3) is 0.556. The fourth-order valence-electron chi connectivity index (χ4n) is 3.69. The quantitative estimate of drug-likeness (QED) is 0.587. The van der Waals surface area contributed by atoms with Crippen molar-refractivity contribution in [3.05, 3.63) is 29.3 Å². The van der Waals surface area contributed by atoms with Gasteiger partial charge in [0.15, 0.2) is 5.96 Å².